The number of hydrogen-bond acceptors (Lipinski definition) is 4. The van der Waals surface area contributed by atoms with Gasteiger partial charge in [0.2, 0.25) is 5.78 Å². The fourth-order valence-corrected chi connectivity index (χ4v) is 2.38. The van der Waals surface area contributed by atoms with Crippen molar-refractivity contribution in [1.29, 1.82) is 0 Å². The second-order valence-electron chi connectivity index (χ2n) is 6.20. The minimum Gasteiger partial charge on any atom is -0.482 e. The van der Waals surface area contributed by atoms with E-state index >= 15 is 0 Å². The Labute approximate surface area is 133 Å². The lowest BCUT2D eigenvalue weighted by Crippen LogP contribution is -2.42. The Morgan fingerprint density at radius 3 is 2.73 bits per heavy atom. The van der Waals surface area contributed by atoms with Crippen molar-refractivity contribution in [3.63, 3.8) is 0 Å². The minimum atomic E-state index is -1.41. The maximum atomic E-state index is 13.1. The normalized spacial score (nSPS) is 18.9. The van der Waals surface area contributed by atoms with Gasteiger partial charge >= 0.3 is 5.97 Å². The molecule has 2 atom stereocenters. The van der Waals surface area contributed by atoms with E-state index in [1.54, 1.807) is 20.8 Å². The highest BCUT2D eigenvalue weighted by atomic mass is 35.5. The first-order valence-electron chi connectivity index (χ1n) is 7.03. The van der Waals surface area contributed by atoms with E-state index in [1.165, 1.54) is 18.2 Å². The van der Waals surface area contributed by atoms with Crippen molar-refractivity contribution in [3.8, 4) is 5.75 Å². The Morgan fingerprint density at radius 1 is 1.41 bits per heavy atom. The lowest BCUT2D eigenvalue weighted by atomic mass is 9.98. The molecule has 0 N–H and O–H groups in total. The van der Waals surface area contributed by atoms with Gasteiger partial charge in [-0.3, -0.25) is 4.79 Å². The molecule has 0 spiro atoms. The van der Waals surface area contributed by atoms with Gasteiger partial charge in [-0.25, -0.2) is 9.18 Å². The molecule has 0 aromatic heterocycles. The summed E-state index contributed by atoms with van der Waals surface area (Å²) in [6, 6.07) is 4.11. The van der Waals surface area contributed by atoms with Gasteiger partial charge in [0.25, 0.3) is 0 Å². The topological polar surface area (TPSA) is 52.6 Å². The number of esters is 1. The number of carbonyl (C=O) groups is 2. The van der Waals surface area contributed by atoms with Gasteiger partial charge in [0.1, 0.15) is 17.2 Å². The van der Waals surface area contributed by atoms with Gasteiger partial charge in [-0.1, -0.05) is 0 Å². The Bertz CT molecular complexity index is 594. The van der Waals surface area contributed by atoms with Crippen LogP contribution in [0.4, 0.5) is 4.39 Å². The number of ether oxygens (including phenoxy) is 2. The monoisotopic (exact) mass is 328 g/mol. The summed E-state index contributed by atoms with van der Waals surface area (Å²) < 4.78 is 23.8. The summed E-state index contributed by atoms with van der Waals surface area (Å²) in [6.45, 7) is 5.09. The molecular weight excluding hydrogens is 311 g/mol. The van der Waals surface area contributed by atoms with Gasteiger partial charge in [-0.05, 0) is 57.4 Å². The van der Waals surface area contributed by atoms with E-state index in [4.69, 9.17) is 21.1 Å². The SMILES string of the molecule is CC(C)(C)OC(=O)C(Cl)C(=O)C1CCc2cc(F)ccc2O1. The molecule has 0 fully saturated rings. The third-order valence-electron chi connectivity index (χ3n) is 3.15. The van der Waals surface area contributed by atoms with Gasteiger partial charge in [-0.15, -0.1) is 11.6 Å². The zero-order valence-corrected chi connectivity index (χ0v) is 13.4. The van der Waals surface area contributed by atoms with Crippen LogP contribution in [0.5, 0.6) is 5.75 Å². The lowest BCUT2D eigenvalue weighted by molar-refractivity contribution is -0.156. The fourth-order valence-electron chi connectivity index (χ4n) is 2.19. The summed E-state index contributed by atoms with van der Waals surface area (Å²) in [4.78, 5) is 24.1. The third-order valence-corrected chi connectivity index (χ3v) is 3.54. The number of alkyl halides is 1. The number of hydrogen-bond donors (Lipinski definition) is 0. The first-order chi connectivity index (χ1) is 10.2. The number of ketones is 1. The number of aryl methyl sites for hydroxylation is 1. The lowest BCUT2D eigenvalue weighted by Gasteiger charge is -2.27. The van der Waals surface area contributed by atoms with Crippen LogP contribution in [0.3, 0.4) is 0 Å². The maximum Gasteiger partial charge on any atom is 0.332 e. The highest BCUT2D eigenvalue weighted by Crippen LogP contribution is 2.29. The molecule has 1 heterocycles. The average molecular weight is 329 g/mol. The number of halogens is 2. The predicted octanol–water partition coefficient (Wildman–Crippen LogP) is 3.04. The summed E-state index contributed by atoms with van der Waals surface area (Å²) in [7, 11) is 0. The van der Waals surface area contributed by atoms with Gasteiger partial charge in [0.05, 0.1) is 0 Å². The zero-order valence-electron chi connectivity index (χ0n) is 12.7. The first kappa shape index (κ1) is 16.7. The molecule has 2 rings (SSSR count). The number of carbonyl (C=O) groups excluding carboxylic acids is 2. The average Bonchev–Trinajstić information content (AvgIpc) is 2.43. The van der Waals surface area contributed by atoms with Crippen molar-refractivity contribution in [2.24, 2.45) is 0 Å². The van der Waals surface area contributed by atoms with Gasteiger partial charge in [0, 0.05) is 0 Å². The van der Waals surface area contributed by atoms with Crippen molar-refractivity contribution < 1.29 is 23.5 Å². The summed E-state index contributed by atoms with van der Waals surface area (Å²) in [5, 5.41) is -1.41. The molecule has 1 aliphatic heterocycles. The van der Waals surface area contributed by atoms with Crippen molar-refractivity contribution in [2.45, 2.75) is 50.7 Å². The predicted molar refractivity (Wildman–Crippen MR) is 79.6 cm³/mol. The number of benzene rings is 1. The number of Topliss-reactive ketones (excluding diaryl/α,β-unsaturated/α-hetero) is 1. The number of rotatable bonds is 3. The molecule has 1 aromatic carbocycles. The maximum absolute atomic E-state index is 13.1. The Kier molecular flexibility index (Phi) is 4.75. The molecule has 0 bridgehead atoms. The molecule has 0 radical (unpaired) electrons. The molecule has 0 saturated heterocycles. The van der Waals surface area contributed by atoms with E-state index in [9.17, 15) is 14.0 Å². The molecule has 120 valence electrons. The van der Waals surface area contributed by atoms with E-state index < -0.39 is 28.8 Å². The second kappa shape index (κ2) is 6.24. The Balaban J connectivity index is 2.05. The molecule has 1 aliphatic rings. The van der Waals surface area contributed by atoms with Crippen LogP contribution >= 0.6 is 11.6 Å². The van der Waals surface area contributed by atoms with Gasteiger partial charge < -0.3 is 9.47 Å². The molecule has 1 aromatic rings. The van der Waals surface area contributed by atoms with E-state index in [-0.39, 0.29) is 5.82 Å². The van der Waals surface area contributed by atoms with Crippen LogP contribution in [0.2, 0.25) is 0 Å². The van der Waals surface area contributed by atoms with Crippen LogP contribution in [0.1, 0.15) is 32.8 Å². The summed E-state index contributed by atoms with van der Waals surface area (Å²) in [6.07, 6.45) is 0.0101. The molecule has 4 nitrogen and oxygen atoms in total. The quantitative estimate of drug-likeness (QED) is 0.486. The highest BCUT2D eigenvalue weighted by Gasteiger charge is 2.36. The molecule has 0 aliphatic carbocycles. The van der Waals surface area contributed by atoms with Crippen LogP contribution in [0, 0.1) is 5.82 Å². The minimum absolute atomic E-state index is 0.349. The summed E-state index contributed by atoms with van der Waals surface area (Å²) in [5.41, 5.74) is -0.0189. The fraction of sp³-hybridized carbons (Fsp3) is 0.500. The Hall–Kier alpha value is -1.62. The molecule has 2 unspecified atom stereocenters. The van der Waals surface area contributed by atoms with Gasteiger partial charge in [0.15, 0.2) is 11.5 Å². The van der Waals surface area contributed by atoms with Gasteiger partial charge in [-0.2, -0.15) is 0 Å². The van der Waals surface area contributed by atoms with Crippen molar-refractivity contribution in [3.05, 3.63) is 29.6 Å². The van der Waals surface area contributed by atoms with E-state index in [0.717, 1.165) is 0 Å². The Morgan fingerprint density at radius 2 is 2.09 bits per heavy atom. The first-order valence-corrected chi connectivity index (χ1v) is 7.47. The molecular formula is C16H18ClFO4. The number of fused-ring (bicyclic) bond motifs is 1. The smallest absolute Gasteiger partial charge is 0.332 e. The molecule has 0 amide bonds. The van der Waals surface area contributed by atoms with Crippen LogP contribution in [0.15, 0.2) is 18.2 Å². The van der Waals surface area contributed by atoms with Crippen molar-refractivity contribution in [1.82, 2.24) is 0 Å². The summed E-state index contributed by atoms with van der Waals surface area (Å²) in [5.74, 6) is -1.23. The van der Waals surface area contributed by atoms with E-state index in [0.29, 0.717) is 24.2 Å². The van der Waals surface area contributed by atoms with Crippen LogP contribution in [-0.2, 0) is 20.7 Å². The van der Waals surface area contributed by atoms with E-state index in [2.05, 4.69) is 0 Å². The largest absolute Gasteiger partial charge is 0.482 e. The standard InChI is InChI=1S/C16H18ClFO4/c1-16(2,3)22-15(20)13(17)14(19)12-6-4-9-8-10(18)5-7-11(9)21-12/h5,7-8,12-13H,4,6H2,1-3H3. The molecule has 0 saturated carbocycles. The highest BCUT2D eigenvalue weighted by molar-refractivity contribution is 6.41. The van der Waals surface area contributed by atoms with Crippen LogP contribution in [0.25, 0.3) is 0 Å². The van der Waals surface area contributed by atoms with Crippen LogP contribution in [-0.4, -0.2) is 28.8 Å². The zero-order chi connectivity index (χ0) is 16.5. The second-order valence-corrected chi connectivity index (χ2v) is 6.63. The molecule has 6 heteroatoms. The van der Waals surface area contributed by atoms with Crippen molar-refractivity contribution >= 4 is 23.4 Å². The van der Waals surface area contributed by atoms with Crippen molar-refractivity contribution in [2.75, 3.05) is 0 Å². The van der Waals surface area contributed by atoms with E-state index in [1.807, 2.05) is 0 Å². The molecule has 22 heavy (non-hydrogen) atoms. The van der Waals surface area contributed by atoms with Crippen LogP contribution < -0.4 is 4.74 Å². The summed E-state index contributed by atoms with van der Waals surface area (Å²) >= 11 is 5.91. The third kappa shape index (κ3) is 3.97.